The minimum atomic E-state index is -1.55. The van der Waals surface area contributed by atoms with E-state index >= 15 is 0 Å². The van der Waals surface area contributed by atoms with E-state index in [0.29, 0.717) is 38.4 Å². The maximum atomic E-state index is 13.4. The number of hydrogen-bond donors (Lipinski definition) is 3. The summed E-state index contributed by atoms with van der Waals surface area (Å²) in [6.07, 6.45) is 8.37. The first-order chi connectivity index (χ1) is 18.8. The second-order valence-electron chi connectivity index (χ2n) is 10.1. The van der Waals surface area contributed by atoms with Crippen molar-refractivity contribution in [2.24, 2.45) is 5.92 Å². The van der Waals surface area contributed by atoms with Crippen molar-refractivity contribution in [3.8, 4) is 0 Å². The molecule has 2 aromatic carbocycles. The van der Waals surface area contributed by atoms with Gasteiger partial charge in [0, 0.05) is 36.3 Å². The Labute approximate surface area is 225 Å². The Morgan fingerprint density at radius 1 is 1.13 bits per heavy atom. The molecule has 0 aliphatic carbocycles. The number of carbonyl (C=O) groups is 2. The molecule has 1 aliphatic heterocycles. The number of carboxylic acids is 1. The van der Waals surface area contributed by atoms with Crippen molar-refractivity contribution >= 4 is 28.9 Å². The molecule has 6 nitrogen and oxygen atoms in total. The van der Waals surface area contributed by atoms with Gasteiger partial charge >= 0.3 is 5.97 Å². The van der Waals surface area contributed by atoms with Gasteiger partial charge < -0.3 is 20.3 Å². The number of nitrogens with one attached hydrogen (secondary N) is 2. The minimum absolute atomic E-state index is 0.0405. The van der Waals surface area contributed by atoms with E-state index in [4.69, 9.17) is 0 Å². The normalized spacial score (nSPS) is 16.2. The summed E-state index contributed by atoms with van der Waals surface area (Å²) in [5, 5.41) is 14.4. The number of rotatable bonds is 11. The van der Waals surface area contributed by atoms with Gasteiger partial charge in [0.1, 0.15) is 6.04 Å². The Morgan fingerprint density at radius 3 is 2.49 bits per heavy atom. The molecule has 1 aromatic heterocycles. The maximum absolute atomic E-state index is 13.4. The van der Waals surface area contributed by atoms with Crippen LogP contribution in [0, 0.1) is 23.4 Å². The van der Waals surface area contributed by atoms with Crippen LogP contribution in [0.15, 0.2) is 48.7 Å². The van der Waals surface area contributed by atoms with E-state index in [1.54, 1.807) is 4.90 Å². The van der Waals surface area contributed by atoms with Gasteiger partial charge in [-0.15, -0.1) is 0 Å². The van der Waals surface area contributed by atoms with Gasteiger partial charge in [-0.2, -0.15) is 0 Å². The fourth-order valence-electron chi connectivity index (χ4n) is 5.50. The standard InChI is InChI=1S/C30H34F3N3O3/c1-2-5-20(23-18-35-26-7-4-3-6-22(23)26)10-13-34-29(30(38)39)21-11-14-36(15-12-21)27(37)9-8-19-16-24(31)28(33)25(32)17-19/h3-4,6-9,16-18,20-21,29,34-35H,2,5,10-15H2,1H3,(H,38,39)/b9-8+. The number of piperidine rings is 1. The Morgan fingerprint density at radius 2 is 1.82 bits per heavy atom. The third-order valence-corrected chi connectivity index (χ3v) is 7.57. The van der Waals surface area contributed by atoms with Crippen molar-refractivity contribution in [2.45, 2.75) is 51.0 Å². The molecule has 1 aliphatic rings. The smallest absolute Gasteiger partial charge is 0.320 e. The molecule has 3 N–H and O–H groups in total. The van der Waals surface area contributed by atoms with E-state index < -0.39 is 29.5 Å². The first-order valence-corrected chi connectivity index (χ1v) is 13.4. The zero-order valence-corrected chi connectivity index (χ0v) is 21.9. The lowest BCUT2D eigenvalue weighted by Crippen LogP contribution is -2.48. The van der Waals surface area contributed by atoms with E-state index in [0.717, 1.165) is 36.9 Å². The molecule has 9 heteroatoms. The number of hydrogen-bond acceptors (Lipinski definition) is 3. The van der Waals surface area contributed by atoms with Gasteiger partial charge in [-0.1, -0.05) is 31.5 Å². The summed E-state index contributed by atoms with van der Waals surface area (Å²) in [5.41, 5.74) is 2.39. The van der Waals surface area contributed by atoms with Crippen LogP contribution in [0.25, 0.3) is 17.0 Å². The van der Waals surface area contributed by atoms with Gasteiger partial charge in [-0.3, -0.25) is 9.59 Å². The molecule has 1 fully saturated rings. The Kier molecular flexibility index (Phi) is 9.45. The molecule has 3 aromatic rings. The number of carbonyl (C=O) groups excluding carboxylic acids is 1. The Hall–Kier alpha value is -3.59. The average molecular weight is 542 g/mol. The number of carboxylic acid groups (broad SMARTS) is 1. The molecular weight excluding hydrogens is 507 g/mol. The van der Waals surface area contributed by atoms with Crippen LogP contribution < -0.4 is 5.32 Å². The topological polar surface area (TPSA) is 85.4 Å². The zero-order chi connectivity index (χ0) is 27.9. The lowest BCUT2D eigenvalue weighted by atomic mass is 9.88. The molecule has 0 bridgehead atoms. The number of fused-ring (bicyclic) bond motifs is 1. The Bertz CT molecular complexity index is 1310. The number of amides is 1. The summed E-state index contributed by atoms with van der Waals surface area (Å²) < 4.78 is 40.0. The molecule has 2 heterocycles. The van der Waals surface area contributed by atoms with Crippen molar-refractivity contribution in [1.29, 1.82) is 0 Å². The number of H-pyrrole nitrogens is 1. The first-order valence-electron chi connectivity index (χ1n) is 13.4. The average Bonchev–Trinajstić information content (AvgIpc) is 3.36. The summed E-state index contributed by atoms with van der Waals surface area (Å²) >= 11 is 0. The van der Waals surface area contributed by atoms with Gasteiger partial charge in [-0.05, 0) is 79.5 Å². The third-order valence-electron chi connectivity index (χ3n) is 7.57. The summed E-state index contributed by atoms with van der Waals surface area (Å²) in [6, 6.07) is 9.11. The third kappa shape index (κ3) is 6.89. The van der Waals surface area contributed by atoms with Crippen molar-refractivity contribution in [3.63, 3.8) is 0 Å². The highest BCUT2D eigenvalue weighted by molar-refractivity contribution is 5.91. The molecule has 39 heavy (non-hydrogen) atoms. The minimum Gasteiger partial charge on any atom is -0.480 e. The molecule has 208 valence electrons. The summed E-state index contributed by atoms with van der Waals surface area (Å²) in [6.45, 7) is 3.46. The molecule has 0 spiro atoms. The molecule has 1 amide bonds. The fraction of sp³-hybridized carbons (Fsp3) is 0.400. The number of benzene rings is 2. The summed E-state index contributed by atoms with van der Waals surface area (Å²) in [5.74, 6) is -5.27. The number of nitrogens with zero attached hydrogens (tertiary/aromatic N) is 1. The highest BCUT2D eigenvalue weighted by Crippen LogP contribution is 2.31. The number of likely N-dealkylation sites (tertiary alicyclic amines) is 1. The molecule has 2 unspecified atom stereocenters. The number of halogens is 3. The highest BCUT2D eigenvalue weighted by atomic mass is 19.2. The van der Waals surface area contributed by atoms with E-state index in [1.807, 2.05) is 12.1 Å². The molecule has 0 saturated carbocycles. The summed E-state index contributed by atoms with van der Waals surface area (Å²) in [7, 11) is 0. The lowest BCUT2D eigenvalue weighted by molar-refractivity contribution is -0.141. The van der Waals surface area contributed by atoms with E-state index in [2.05, 4.69) is 35.6 Å². The van der Waals surface area contributed by atoms with Gasteiger partial charge in [0.2, 0.25) is 5.91 Å². The zero-order valence-electron chi connectivity index (χ0n) is 21.9. The molecule has 1 saturated heterocycles. The number of aromatic amines is 1. The van der Waals surface area contributed by atoms with Crippen molar-refractivity contribution in [3.05, 3.63) is 77.2 Å². The van der Waals surface area contributed by atoms with Crippen LogP contribution >= 0.6 is 0 Å². The number of aromatic nitrogens is 1. The molecular formula is C30H34F3N3O3. The summed E-state index contributed by atoms with van der Waals surface area (Å²) in [4.78, 5) is 29.6. The monoisotopic (exact) mass is 541 g/mol. The SMILES string of the molecule is CCCC(CCNC(C(=O)O)C1CCN(C(=O)/C=C/c2cc(F)c(F)c(F)c2)CC1)c1c[nH]c2ccccc12. The highest BCUT2D eigenvalue weighted by Gasteiger charge is 2.32. The fourth-order valence-corrected chi connectivity index (χ4v) is 5.50. The van der Waals surface area contributed by atoms with Crippen molar-refractivity contribution in [1.82, 2.24) is 15.2 Å². The van der Waals surface area contributed by atoms with E-state index in [-0.39, 0.29) is 17.4 Å². The Balaban J connectivity index is 1.31. The predicted molar refractivity (Wildman–Crippen MR) is 145 cm³/mol. The van der Waals surface area contributed by atoms with Crippen molar-refractivity contribution in [2.75, 3.05) is 19.6 Å². The van der Waals surface area contributed by atoms with E-state index in [9.17, 15) is 27.9 Å². The van der Waals surface area contributed by atoms with Crippen molar-refractivity contribution < 1.29 is 27.9 Å². The van der Waals surface area contributed by atoms with Crippen LogP contribution in [-0.2, 0) is 9.59 Å². The first kappa shape index (κ1) is 28.4. The van der Waals surface area contributed by atoms with Crippen LogP contribution in [0.4, 0.5) is 13.2 Å². The predicted octanol–water partition coefficient (Wildman–Crippen LogP) is 5.85. The number of aliphatic carboxylic acids is 1. The van der Waals surface area contributed by atoms with Gasteiger partial charge in [0.15, 0.2) is 17.5 Å². The largest absolute Gasteiger partial charge is 0.480 e. The van der Waals surface area contributed by atoms with Crippen LogP contribution in [0.2, 0.25) is 0 Å². The van der Waals surface area contributed by atoms with Crippen LogP contribution in [0.3, 0.4) is 0 Å². The second kappa shape index (κ2) is 13.0. The molecule has 4 rings (SSSR count). The molecule has 2 atom stereocenters. The van der Waals surface area contributed by atoms with E-state index in [1.165, 1.54) is 23.1 Å². The van der Waals surface area contributed by atoms with Crippen LogP contribution in [0.5, 0.6) is 0 Å². The van der Waals surface area contributed by atoms with Crippen LogP contribution in [0.1, 0.15) is 56.1 Å². The van der Waals surface area contributed by atoms with Gasteiger partial charge in [0.25, 0.3) is 0 Å². The maximum Gasteiger partial charge on any atom is 0.320 e. The van der Waals surface area contributed by atoms with Gasteiger partial charge in [0.05, 0.1) is 0 Å². The second-order valence-corrected chi connectivity index (χ2v) is 10.1. The molecule has 0 radical (unpaired) electrons. The quantitative estimate of drug-likeness (QED) is 0.210. The lowest BCUT2D eigenvalue weighted by Gasteiger charge is -2.34. The van der Waals surface area contributed by atoms with Gasteiger partial charge in [-0.25, -0.2) is 13.2 Å². The van der Waals surface area contributed by atoms with Crippen LogP contribution in [-0.4, -0.2) is 52.5 Å². The number of para-hydroxylation sites is 1.